The summed E-state index contributed by atoms with van der Waals surface area (Å²) in [6, 6.07) is 9.73. The van der Waals surface area contributed by atoms with Gasteiger partial charge in [-0.25, -0.2) is 0 Å². The van der Waals surface area contributed by atoms with Gasteiger partial charge in [0.25, 0.3) is 0 Å². The van der Waals surface area contributed by atoms with Crippen molar-refractivity contribution < 1.29 is 4.79 Å². The summed E-state index contributed by atoms with van der Waals surface area (Å²) in [6.45, 7) is 0.528. The van der Waals surface area contributed by atoms with Crippen LogP contribution in [0.5, 0.6) is 0 Å². The highest BCUT2D eigenvalue weighted by molar-refractivity contribution is 6.52. The molecule has 0 heterocycles. The topological polar surface area (TPSA) is 29.1 Å². The molecule has 1 saturated carbocycles. The lowest BCUT2D eigenvalue weighted by molar-refractivity contribution is -0.122. The fourth-order valence-corrected chi connectivity index (χ4v) is 1.91. The highest BCUT2D eigenvalue weighted by Crippen LogP contribution is 2.53. The molecule has 1 amide bonds. The van der Waals surface area contributed by atoms with E-state index in [1.807, 2.05) is 30.3 Å². The number of nitrogens with one attached hydrogen (secondary N) is 1. The SMILES string of the molecule is O=C(NCc1ccccc1)[C@H]1CC1(Cl)Cl. The standard InChI is InChI=1S/C11H11Cl2NO/c12-11(13)6-9(11)10(15)14-7-8-4-2-1-3-5-8/h1-5,9H,6-7H2,(H,14,15)/t9-/m1/s1. The lowest BCUT2D eigenvalue weighted by Gasteiger charge is -2.04. The Balaban J connectivity index is 1.82. The summed E-state index contributed by atoms with van der Waals surface area (Å²) < 4.78 is -0.833. The number of carbonyl (C=O) groups excluding carboxylic acids is 1. The molecule has 1 aliphatic carbocycles. The Bertz CT molecular complexity index is 364. The van der Waals surface area contributed by atoms with Gasteiger partial charge in [0, 0.05) is 6.54 Å². The fourth-order valence-electron chi connectivity index (χ4n) is 1.41. The molecule has 0 bridgehead atoms. The van der Waals surface area contributed by atoms with Crippen LogP contribution in [0.4, 0.5) is 0 Å². The maximum absolute atomic E-state index is 11.5. The van der Waals surface area contributed by atoms with E-state index >= 15 is 0 Å². The first-order valence-electron chi connectivity index (χ1n) is 4.79. The number of rotatable bonds is 3. The maximum Gasteiger partial charge on any atom is 0.226 e. The van der Waals surface area contributed by atoms with Gasteiger partial charge in [0.1, 0.15) is 4.33 Å². The average molecular weight is 244 g/mol. The van der Waals surface area contributed by atoms with E-state index in [2.05, 4.69) is 5.32 Å². The number of amides is 1. The zero-order chi connectivity index (χ0) is 10.9. The average Bonchev–Trinajstić information content (AvgIpc) is 2.86. The van der Waals surface area contributed by atoms with Gasteiger partial charge < -0.3 is 5.32 Å². The van der Waals surface area contributed by atoms with E-state index in [4.69, 9.17) is 23.2 Å². The molecule has 0 saturated heterocycles. The summed E-state index contributed by atoms with van der Waals surface area (Å²) in [5.41, 5.74) is 1.07. The second-order valence-electron chi connectivity index (χ2n) is 3.72. The first-order chi connectivity index (χ1) is 7.09. The molecule has 1 fully saturated rings. The predicted molar refractivity (Wildman–Crippen MR) is 60.8 cm³/mol. The summed E-state index contributed by atoms with van der Waals surface area (Å²) in [5.74, 6) is -0.312. The van der Waals surface area contributed by atoms with Crippen LogP contribution in [0.2, 0.25) is 0 Å². The van der Waals surface area contributed by atoms with E-state index in [0.717, 1.165) is 5.56 Å². The fraction of sp³-hybridized carbons (Fsp3) is 0.364. The molecular weight excluding hydrogens is 233 g/mol. The van der Waals surface area contributed by atoms with E-state index in [1.54, 1.807) is 0 Å². The summed E-state index contributed by atoms with van der Waals surface area (Å²) in [7, 11) is 0. The molecule has 0 aromatic heterocycles. The molecule has 2 rings (SSSR count). The van der Waals surface area contributed by atoms with E-state index in [9.17, 15) is 4.79 Å². The molecule has 4 heteroatoms. The predicted octanol–water partition coefficient (Wildman–Crippen LogP) is 2.50. The quantitative estimate of drug-likeness (QED) is 0.813. The van der Waals surface area contributed by atoms with Crippen LogP contribution in [0.15, 0.2) is 30.3 Å². The molecule has 1 aromatic carbocycles. The van der Waals surface area contributed by atoms with Gasteiger partial charge in [-0.05, 0) is 12.0 Å². The minimum Gasteiger partial charge on any atom is -0.352 e. The first kappa shape index (κ1) is 10.8. The number of hydrogen-bond donors (Lipinski definition) is 1. The van der Waals surface area contributed by atoms with Gasteiger partial charge in [0.2, 0.25) is 5.91 Å². The summed E-state index contributed by atoms with van der Waals surface area (Å²) >= 11 is 11.6. The largest absolute Gasteiger partial charge is 0.352 e. The molecule has 1 aliphatic rings. The molecule has 1 atom stereocenters. The van der Waals surface area contributed by atoms with Crippen molar-refractivity contribution >= 4 is 29.1 Å². The number of alkyl halides is 2. The maximum atomic E-state index is 11.5. The molecule has 0 radical (unpaired) electrons. The van der Waals surface area contributed by atoms with Crippen molar-refractivity contribution in [1.29, 1.82) is 0 Å². The van der Waals surface area contributed by atoms with Crippen LogP contribution >= 0.6 is 23.2 Å². The van der Waals surface area contributed by atoms with Crippen LogP contribution in [-0.2, 0) is 11.3 Å². The third-order valence-electron chi connectivity index (χ3n) is 2.45. The highest BCUT2D eigenvalue weighted by Gasteiger charge is 2.56. The zero-order valence-electron chi connectivity index (χ0n) is 8.04. The summed E-state index contributed by atoms with van der Waals surface area (Å²) in [5, 5.41) is 2.81. The van der Waals surface area contributed by atoms with Gasteiger partial charge in [-0.15, -0.1) is 23.2 Å². The number of benzene rings is 1. The lowest BCUT2D eigenvalue weighted by atomic mass is 10.2. The molecule has 1 aromatic rings. The number of halogens is 2. The van der Waals surface area contributed by atoms with Crippen LogP contribution in [0.3, 0.4) is 0 Å². The van der Waals surface area contributed by atoms with Gasteiger partial charge in [-0.2, -0.15) is 0 Å². The Hall–Kier alpha value is -0.730. The van der Waals surface area contributed by atoms with Gasteiger partial charge in [0.15, 0.2) is 0 Å². The Morgan fingerprint density at radius 3 is 2.53 bits per heavy atom. The molecule has 0 spiro atoms. The molecule has 15 heavy (non-hydrogen) atoms. The summed E-state index contributed by atoms with van der Waals surface area (Å²) in [4.78, 5) is 11.5. The Kier molecular flexibility index (Phi) is 2.89. The van der Waals surface area contributed by atoms with Crippen molar-refractivity contribution in [3.8, 4) is 0 Å². The van der Waals surface area contributed by atoms with E-state index in [0.29, 0.717) is 13.0 Å². The molecule has 1 N–H and O–H groups in total. The molecule has 0 aliphatic heterocycles. The van der Waals surface area contributed by atoms with Gasteiger partial charge in [0.05, 0.1) is 5.92 Å². The zero-order valence-corrected chi connectivity index (χ0v) is 9.55. The third kappa shape index (κ3) is 2.64. The van der Waals surface area contributed by atoms with Crippen LogP contribution in [0.25, 0.3) is 0 Å². The van der Waals surface area contributed by atoms with E-state index in [-0.39, 0.29) is 11.8 Å². The minimum absolute atomic E-state index is 0.0659. The Morgan fingerprint density at radius 2 is 2.00 bits per heavy atom. The van der Waals surface area contributed by atoms with Crippen molar-refractivity contribution in [3.05, 3.63) is 35.9 Å². The molecular formula is C11H11Cl2NO. The highest BCUT2D eigenvalue weighted by atomic mass is 35.5. The van der Waals surface area contributed by atoms with Crippen LogP contribution in [-0.4, -0.2) is 10.2 Å². The molecule has 0 unspecified atom stereocenters. The van der Waals surface area contributed by atoms with Crippen molar-refractivity contribution in [1.82, 2.24) is 5.32 Å². The molecule has 2 nitrogen and oxygen atoms in total. The first-order valence-corrected chi connectivity index (χ1v) is 5.54. The van der Waals surface area contributed by atoms with Gasteiger partial charge in [-0.3, -0.25) is 4.79 Å². The van der Waals surface area contributed by atoms with Crippen LogP contribution in [0, 0.1) is 5.92 Å². The Morgan fingerprint density at radius 1 is 1.40 bits per heavy atom. The summed E-state index contributed by atoms with van der Waals surface area (Å²) in [6.07, 6.45) is 0.552. The van der Waals surface area contributed by atoms with Crippen LogP contribution < -0.4 is 5.32 Å². The van der Waals surface area contributed by atoms with Gasteiger partial charge in [-0.1, -0.05) is 30.3 Å². The number of hydrogen-bond acceptors (Lipinski definition) is 1. The van der Waals surface area contributed by atoms with Gasteiger partial charge >= 0.3 is 0 Å². The lowest BCUT2D eigenvalue weighted by Crippen LogP contribution is -2.26. The Labute approximate surface area is 98.6 Å². The second-order valence-corrected chi connectivity index (χ2v) is 5.26. The van der Waals surface area contributed by atoms with Crippen molar-refractivity contribution in [2.45, 2.75) is 17.3 Å². The number of carbonyl (C=O) groups is 1. The van der Waals surface area contributed by atoms with Crippen molar-refractivity contribution in [2.24, 2.45) is 5.92 Å². The molecule has 80 valence electrons. The van der Waals surface area contributed by atoms with Crippen LogP contribution in [0.1, 0.15) is 12.0 Å². The monoisotopic (exact) mass is 243 g/mol. The van der Waals surface area contributed by atoms with E-state index < -0.39 is 4.33 Å². The smallest absolute Gasteiger partial charge is 0.226 e. The van der Waals surface area contributed by atoms with Crippen molar-refractivity contribution in [3.63, 3.8) is 0 Å². The minimum atomic E-state index is -0.833. The third-order valence-corrected chi connectivity index (χ3v) is 3.29. The second kappa shape index (κ2) is 4.03. The van der Waals surface area contributed by atoms with Crippen molar-refractivity contribution in [2.75, 3.05) is 0 Å². The van der Waals surface area contributed by atoms with E-state index in [1.165, 1.54) is 0 Å². The normalized spacial score (nSPS) is 22.1.